The van der Waals surface area contributed by atoms with Gasteiger partial charge in [-0.25, -0.2) is 4.79 Å². The minimum atomic E-state index is -0.874. The van der Waals surface area contributed by atoms with E-state index in [0.717, 1.165) is 28.9 Å². The predicted molar refractivity (Wildman–Crippen MR) is 76.7 cm³/mol. The van der Waals surface area contributed by atoms with Crippen LogP contribution in [-0.4, -0.2) is 17.6 Å². The minimum absolute atomic E-state index is 0.364. The number of hydrogen-bond donors (Lipinski definition) is 2. The second kappa shape index (κ2) is 4.92. The van der Waals surface area contributed by atoms with E-state index in [2.05, 4.69) is 5.32 Å². The lowest BCUT2D eigenvalue weighted by Crippen LogP contribution is -2.04. The molecular formula is C16H17NO2. The van der Waals surface area contributed by atoms with E-state index in [1.54, 1.807) is 6.07 Å². The SMILES string of the molecule is O=C(O)c1ccc(NCCC2CC2)c2ccccc12. The maximum absolute atomic E-state index is 11.2. The van der Waals surface area contributed by atoms with Gasteiger partial charge in [-0.2, -0.15) is 0 Å². The van der Waals surface area contributed by atoms with E-state index in [-0.39, 0.29) is 0 Å². The van der Waals surface area contributed by atoms with Crippen LogP contribution in [-0.2, 0) is 0 Å². The average molecular weight is 255 g/mol. The highest BCUT2D eigenvalue weighted by Crippen LogP contribution is 2.33. The molecule has 0 bridgehead atoms. The molecule has 0 amide bonds. The molecule has 0 aromatic heterocycles. The summed E-state index contributed by atoms with van der Waals surface area (Å²) in [5, 5.41) is 14.4. The first-order valence-electron chi connectivity index (χ1n) is 6.74. The van der Waals surface area contributed by atoms with Crippen LogP contribution in [0.4, 0.5) is 5.69 Å². The van der Waals surface area contributed by atoms with Crippen molar-refractivity contribution >= 4 is 22.4 Å². The van der Waals surface area contributed by atoms with Gasteiger partial charge in [0.25, 0.3) is 0 Å². The summed E-state index contributed by atoms with van der Waals surface area (Å²) in [5.41, 5.74) is 1.39. The molecule has 2 aromatic carbocycles. The van der Waals surface area contributed by atoms with Gasteiger partial charge in [0.2, 0.25) is 0 Å². The average Bonchev–Trinajstić information content (AvgIpc) is 3.22. The number of fused-ring (bicyclic) bond motifs is 1. The fourth-order valence-electron chi connectivity index (χ4n) is 2.46. The molecule has 0 spiro atoms. The first-order chi connectivity index (χ1) is 9.25. The maximum Gasteiger partial charge on any atom is 0.336 e. The Morgan fingerprint density at radius 2 is 1.89 bits per heavy atom. The number of benzene rings is 2. The molecule has 2 aromatic rings. The molecule has 0 unspecified atom stereocenters. The van der Waals surface area contributed by atoms with E-state index in [4.69, 9.17) is 0 Å². The monoisotopic (exact) mass is 255 g/mol. The van der Waals surface area contributed by atoms with Crippen molar-refractivity contribution < 1.29 is 9.90 Å². The predicted octanol–water partition coefficient (Wildman–Crippen LogP) is 3.75. The molecule has 98 valence electrons. The number of anilines is 1. The molecule has 2 N–H and O–H groups in total. The van der Waals surface area contributed by atoms with E-state index in [1.165, 1.54) is 19.3 Å². The second-order valence-corrected chi connectivity index (χ2v) is 5.17. The Morgan fingerprint density at radius 3 is 2.58 bits per heavy atom. The van der Waals surface area contributed by atoms with Gasteiger partial charge in [-0.15, -0.1) is 0 Å². The number of carboxylic acids is 1. The first-order valence-corrected chi connectivity index (χ1v) is 6.74. The lowest BCUT2D eigenvalue weighted by Gasteiger charge is -2.11. The molecule has 3 heteroatoms. The van der Waals surface area contributed by atoms with Gasteiger partial charge in [0.05, 0.1) is 5.56 Å². The van der Waals surface area contributed by atoms with Gasteiger partial charge in [0.15, 0.2) is 0 Å². The van der Waals surface area contributed by atoms with Gasteiger partial charge in [-0.3, -0.25) is 0 Å². The zero-order valence-corrected chi connectivity index (χ0v) is 10.7. The molecule has 1 aliphatic rings. The Hall–Kier alpha value is -2.03. The molecule has 1 fully saturated rings. The molecule has 0 aliphatic heterocycles. The fraction of sp³-hybridized carbons (Fsp3) is 0.312. The molecule has 19 heavy (non-hydrogen) atoms. The van der Waals surface area contributed by atoms with Crippen LogP contribution in [0.15, 0.2) is 36.4 Å². The van der Waals surface area contributed by atoms with E-state index in [9.17, 15) is 9.90 Å². The molecule has 1 aliphatic carbocycles. The third-order valence-electron chi connectivity index (χ3n) is 3.72. The Kier molecular flexibility index (Phi) is 3.11. The maximum atomic E-state index is 11.2. The molecule has 3 rings (SSSR count). The number of carbonyl (C=O) groups is 1. The molecule has 3 nitrogen and oxygen atoms in total. The minimum Gasteiger partial charge on any atom is -0.478 e. The van der Waals surface area contributed by atoms with Crippen LogP contribution in [0.1, 0.15) is 29.6 Å². The van der Waals surface area contributed by atoms with Crippen LogP contribution in [0.25, 0.3) is 10.8 Å². The van der Waals surface area contributed by atoms with Crippen molar-refractivity contribution in [3.63, 3.8) is 0 Å². The molecule has 0 heterocycles. The van der Waals surface area contributed by atoms with E-state index < -0.39 is 5.97 Å². The van der Waals surface area contributed by atoms with Crippen LogP contribution in [0.2, 0.25) is 0 Å². The van der Waals surface area contributed by atoms with Gasteiger partial charge in [0.1, 0.15) is 0 Å². The third-order valence-corrected chi connectivity index (χ3v) is 3.72. The Bertz CT molecular complexity index is 617. The van der Waals surface area contributed by atoms with Gasteiger partial charge >= 0.3 is 5.97 Å². The summed E-state index contributed by atoms with van der Waals surface area (Å²) in [6.07, 6.45) is 3.93. The van der Waals surface area contributed by atoms with Crippen molar-refractivity contribution in [2.75, 3.05) is 11.9 Å². The van der Waals surface area contributed by atoms with Gasteiger partial charge in [-0.1, -0.05) is 37.1 Å². The van der Waals surface area contributed by atoms with E-state index in [1.807, 2.05) is 30.3 Å². The number of nitrogens with one attached hydrogen (secondary N) is 1. The van der Waals surface area contributed by atoms with Crippen LogP contribution in [0.3, 0.4) is 0 Å². The largest absolute Gasteiger partial charge is 0.478 e. The number of carboxylic acid groups (broad SMARTS) is 1. The topological polar surface area (TPSA) is 49.3 Å². The lowest BCUT2D eigenvalue weighted by atomic mass is 10.0. The summed E-state index contributed by atoms with van der Waals surface area (Å²) in [6, 6.07) is 11.2. The van der Waals surface area contributed by atoms with Crippen molar-refractivity contribution in [3.05, 3.63) is 42.0 Å². The zero-order chi connectivity index (χ0) is 13.2. The van der Waals surface area contributed by atoms with Crippen LogP contribution in [0, 0.1) is 5.92 Å². The van der Waals surface area contributed by atoms with E-state index in [0.29, 0.717) is 5.56 Å². The molecule has 1 saturated carbocycles. The number of hydrogen-bond acceptors (Lipinski definition) is 2. The summed E-state index contributed by atoms with van der Waals surface area (Å²) in [4.78, 5) is 11.2. The van der Waals surface area contributed by atoms with Crippen molar-refractivity contribution in [1.29, 1.82) is 0 Å². The number of rotatable bonds is 5. The summed E-state index contributed by atoms with van der Waals surface area (Å²) in [6.45, 7) is 0.959. The zero-order valence-electron chi connectivity index (χ0n) is 10.7. The number of aromatic carboxylic acids is 1. The van der Waals surface area contributed by atoms with Crippen LogP contribution >= 0.6 is 0 Å². The molecule has 0 saturated heterocycles. The third kappa shape index (κ3) is 2.55. The quantitative estimate of drug-likeness (QED) is 0.855. The van der Waals surface area contributed by atoms with Crippen LogP contribution in [0.5, 0.6) is 0 Å². The van der Waals surface area contributed by atoms with Crippen molar-refractivity contribution in [2.24, 2.45) is 5.92 Å². The molecule has 0 atom stereocenters. The van der Waals surface area contributed by atoms with Crippen molar-refractivity contribution in [3.8, 4) is 0 Å². The fourth-order valence-corrected chi connectivity index (χ4v) is 2.46. The second-order valence-electron chi connectivity index (χ2n) is 5.17. The smallest absolute Gasteiger partial charge is 0.336 e. The standard InChI is InChI=1S/C16H17NO2/c18-16(19)14-7-8-15(17-10-9-11-5-6-11)13-4-2-1-3-12(13)14/h1-4,7-8,11,17H,5-6,9-10H2,(H,18,19). The Labute approximate surface area is 112 Å². The molecular weight excluding hydrogens is 238 g/mol. The Balaban J connectivity index is 1.91. The van der Waals surface area contributed by atoms with E-state index >= 15 is 0 Å². The van der Waals surface area contributed by atoms with Crippen molar-refractivity contribution in [2.45, 2.75) is 19.3 Å². The first kappa shape index (κ1) is 12.0. The summed E-state index contributed by atoms with van der Waals surface area (Å²) < 4.78 is 0. The summed E-state index contributed by atoms with van der Waals surface area (Å²) in [7, 11) is 0. The highest BCUT2D eigenvalue weighted by molar-refractivity contribution is 6.07. The Morgan fingerprint density at radius 1 is 1.16 bits per heavy atom. The highest BCUT2D eigenvalue weighted by Gasteiger charge is 2.20. The summed E-state index contributed by atoms with van der Waals surface area (Å²) in [5.74, 6) is 0.0257. The summed E-state index contributed by atoms with van der Waals surface area (Å²) >= 11 is 0. The van der Waals surface area contributed by atoms with Gasteiger partial charge < -0.3 is 10.4 Å². The lowest BCUT2D eigenvalue weighted by molar-refractivity contribution is 0.0699. The highest BCUT2D eigenvalue weighted by atomic mass is 16.4. The molecule has 0 radical (unpaired) electrons. The van der Waals surface area contributed by atoms with Crippen LogP contribution < -0.4 is 5.32 Å². The van der Waals surface area contributed by atoms with Crippen molar-refractivity contribution in [1.82, 2.24) is 0 Å². The van der Waals surface area contributed by atoms with Gasteiger partial charge in [-0.05, 0) is 29.9 Å². The normalized spacial score (nSPS) is 14.5. The van der Waals surface area contributed by atoms with Gasteiger partial charge in [0, 0.05) is 17.6 Å².